The fourth-order valence-electron chi connectivity index (χ4n) is 5.99. The monoisotopic (exact) mass is 663 g/mol. The minimum absolute atomic E-state index is 0.00666. The Kier molecular flexibility index (Phi) is 9.85. The average Bonchev–Trinajstić information content (AvgIpc) is 3.57. The molecule has 3 aromatic carbocycles. The summed E-state index contributed by atoms with van der Waals surface area (Å²) >= 11 is 0. The van der Waals surface area contributed by atoms with Crippen molar-refractivity contribution in [3.8, 4) is 5.75 Å². The number of aromatic nitrogens is 1. The first kappa shape index (κ1) is 33.5. The van der Waals surface area contributed by atoms with Gasteiger partial charge in [0, 0.05) is 35.1 Å². The number of amides is 2. The summed E-state index contributed by atoms with van der Waals surface area (Å²) in [5, 5.41) is 7.34. The summed E-state index contributed by atoms with van der Waals surface area (Å²) in [5.41, 5.74) is 8.12. The van der Waals surface area contributed by atoms with Gasteiger partial charge in [-0.3, -0.25) is 10.1 Å². The summed E-state index contributed by atoms with van der Waals surface area (Å²) in [7, 11) is -1.13. The second kappa shape index (κ2) is 13.8. The van der Waals surface area contributed by atoms with E-state index in [1.54, 1.807) is 54.4 Å². The lowest BCUT2D eigenvalue weighted by atomic mass is 9.98. The van der Waals surface area contributed by atoms with Gasteiger partial charge in [0.2, 0.25) is 5.91 Å². The third kappa shape index (κ3) is 6.80. The van der Waals surface area contributed by atoms with Crippen LogP contribution in [0.1, 0.15) is 55.5 Å². The summed E-state index contributed by atoms with van der Waals surface area (Å²) in [4.78, 5) is 32.5. The van der Waals surface area contributed by atoms with Crippen LogP contribution in [0.5, 0.6) is 5.75 Å². The molecule has 2 atom stereocenters. The molecule has 5 rings (SSSR count). The molecule has 1 fully saturated rings. The van der Waals surface area contributed by atoms with Crippen molar-refractivity contribution in [1.82, 2.24) is 9.88 Å². The van der Waals surface area contributed by atoms with Crippen LogP contribution in [0.3, 0.4) is 0 Å². The van der Waals surface area contributed by atoms with Crippen LogP contribution in [-0.2, 0) is 25.8 Å². The summed E-state index contributed by atoms with van der Waals surface area (Å²) in [6.07, 6.45) is 2.46. The normalized spacial score (nSPS) is 15.3. The topological polar surface area (TPSA) is 153 Å². The Morgan fingerprint density at radius 1 is 1.09 bits per heavy atom. The van der Waals surface area contributed by atoms with E-state index in [2.05, 4.69) is 15.6 Å². The van der Waals surface area contributed by atoms with Gasteiger partial charge in [-0.05, 0) is 84.3 Å². The summed E-state index contributed by atoms with van der Waals surface area (Å²) in [6.45, 7) is 3.76. The lowest BCUT2D eigenvalue weighted by molar-refractivity contribution is -0.133. The number of rotatable bonds is 10. The lowest BCUT2D eigenvalue weighted by Gasteiger charge is -2.32. The van der Waals surface area contributed by atoms with Crippen molar-refractivity contribution in [3.05, 3.63) is 83.3 Å². The molecule has 1 aromatic heterocycles. The maximum Gasteiger partial charge on any atom is 0.411 e. The number of nitrogens with zero attached hydrogens (tertiary/aromatic N) is 2. The summed E-state index contributed by atoms with van der Waals surface area (Å²) in [6, 6.07) is 13.0. The highest BCUT2D eigenvalue weighted by molar-refractivity contribution is 7.91. The molecule has 0 saturated carbocycles. The molecule has 2 amide bonds. The van der Waals surface area contributed by atoms with Crippen molar-refractivity contribution >= 4 is 49.8 Å². The number of nitrogens with two attached hydrogens (primary N) is 1. The molecule has 11 nitrogen and oxygen atoms in total. The van der Waals surface area contributed by atoms with Crippen molar-refractivity contribution in [2.24, 2.45) is 0 Å². The van der Waals surface area contributed by atoms with Crippen molar-refractivity contribution in [2.45, 2.75) is 50.1 Å². The highest BCUT2D eigenvalue weighted by atomic mass is 32.2. The van der Waals surface area contributed by atoms with E-state index >= 15 is 4.39 Å². The molecule has 0 spiro atoms. The van der Waals surface area contributed by atoms with E-state index in [1.807, 2.05) is 13.0 Å². The summed E-state index contributed by atoms with van der Waals surface area (Å²) in [5.74, 6) is -0.936. The zero-order valence-corrected chi connectivity index (χ0v) is 27.5. The van der Waals surface area contributed by atoms with Crippen LogP contribution in [0.4, 0.5) is 26.4 Å². The fourth-order valence-corrected chi connectivity index (χ4v) is 7.13. The maximum atomic E-state index is 16.1. The van der Waals surface area contributed by atoms with E-state index < -0.39 is 39.7 Å². The number of fused-ring (bicyclic) bond motifs is 1. The number of hydrogen-bond donors (Lipinski definition) is 3. The molecule has 248 valence electrons. The number of methoxy groups -OCH3 is 2. The minimum atomic E-state index is -3.73. The van der Waals surface area contributed by atoms with E-state index in [9.17, 15) is 18.0 Å². The van der Waals surface area contributed by atoms with Crippen LogP contribution in [0.25, 0.3) is 10.8 Å². The number of anilines is 3. The third-order valence-corrected chi connectivity index (χ3v) is 10.3. The molecular formula is C34H38FN5O6S. The second-order valence-electron chi connectivity index (χ2n) is 11.2. The zero-order chi connectivity index (χ0) is 33.9. The molecule has 4 aromatic rings. The van der Waals surface area contributed by atoms with Crippen LogP contribution in [0.15, 0.2) is 65.7 Å². The number of halogens is 1. The number of benzene rings is 3. The number of carbonyl (C=O) groups excluding carboxylic acids is 2. The number of likely N-dealkylation sites (tertiary alicyclic amines) is 1. The van der Waals surface area contributed by atoms with Crippen LogP contribution in [-0.4, -0.2) is 56.8 Å². The van der Waals surface area contributed by atoms with Crippen molar-refractivity contribution in [1.29, 1.82) is 0 Å². The zero-order valence-electron chi connectivity index (χ0n) is 26.7. The maximum absolute atomic E-state index is 16.1. The number of ether oxygens (including phenoxy) is 2. The van der Waals surface area contributed by atoms with Gasteiger partial charge in [0.15, 0.2) is 21.4 Å². The van der Waals surface area contributed by atoms with Gasteiger partial charge in [-0.25, -0.2) is 22.6 Å². The largest absolute Gasteiger partial charge is 0.494 e. The number of nitrogens with one attached hydrogen (secondary N) is 2. The first-order chi connectivity index (χ1) is 22.5. The molecule has 0 bridgehead atoms. The van der Waals surface area contributed by atoms with Gasteiger partial charge in [0.05, 0.1) is 30.9 Å². The number of pyridine rings is 1. The van der Waals surface area contributed by atoms with E-state index in [4.69, 9.17) is 15.2 Å². The minimum Gasteiger partial charge on any atom is -0.494 e. The van der Waals surface area contributed by atoms with Crippen LogP contribution >= 0.6 is 0 Å². The summed E-state index contributed by atoms with van der Waals surface area (Å²) < 4.78 is 52.7. The Balaban J connectivity index is 1.63. The smallest absolute Gasteiger partial charge is 0.411 e. The van der Waals surface area contributed by atoms with Gasteiger partial charge in [-0.15, -0.1) is 0 Å². The number of hydrogen-bond acceptors (Lipinski definition) is 9. The molecule has 1 saturated heterocycles. The molecule has 0 radical (unpaired) electrons. The van der Waals surface area contributed by atoms with Gasteiger partial charge in [-0.1, -0.05) is 19.9 Å². The molecule has 0 aliphatic carbocycles. The van der Waals surface area contributed by atoms with Gasteiger partial charge in [0.25, 0.3) is 0 Å². The van der Waals surface area contributed by atoms with Crippen molar-refractivity contribution in [3.63, 3.8) is 0 Å². The molecule has 1 aliphatic rings. The molecule has 2 heterocycles. The highest BCUT2D eigenvalue weighted by Crippen LogP contribution is 2.40. The van der Waals surface area contributed by atoms with Crippen LogP contribution < -0.4 is 21.1 Å². The SMILES string of the molecule is CCc1cc(OC)c(F)c([C@H](Nc2ccc3c(N)nccc3c2)C(=O)N2CCC[C@@H]2c2cc(NC(=O)OC)ccc2S(=O)(=O)CC)c1. The van der Waals surface area contributed by atoms with Crippen molar-refractivity contribution in [2.75, 3.05) is 42.9 Å². The Hall–Kier alpha value is -4.91. The Morgan fingerprint density at radius 3 is 2.55 bits per heavy atom. The predicted octanol–water partition coefficient (Wildman–Crippen LogP) is 6.02. The van der Waals surface area contributed by atoms with Gasteiger partial charge < -0.3 is 25.4 Å². The van der Waals surface area contributed by atoms with Gasteiger partial charge in [0.1, 0.15) is 11.9 Å². The molecule has 4 N–H and O–H groups in total. The van der Waals surface area contributed by atoms with Gasteiger partial charge in [-0.2, -0.15) is 0 Å². The first-order valence-corrected chi connectivity index (χ1v) is 17.0. The van der Waals surface area contributed by atoms with Gasteiger partial charge >= 0.3 is 6.09 Å². The molecule has 47 heavy (non-hydrogen) atoms. The third-order valence-electron chi connectivity index (χ3n) is 8.47. The Morgan fingerprint density at radius 2 is 1.85 bits per heavy atom. The Bertz CT molecular complexity index is 1940. The quantitative estimate of drug-likeness (QED) is 0.185. The second-order valence-corrected chi connectivity index (χ2v) is 13.5. The van der Waals surface area contributed by atoms with Crippen molar-refractivity contribution < 1.29 is 31.9 Å². The first-order valence-electron chi connectivity index (χ1n) is 15.3. The lowest BCUT2D eigenvalue weighted by Crippen LogP contribution is -2.38. The number of sulfone groups is 1. The average molecular weight is 664 g/mol. The van der Waals surface area contributed by atoms with E-state index in [0.717, 1.165) is 16.3 Å². The van der Waals surface area contributed by atoms with E-state index in [-0.39, 0.29) is 22.0 Å². The predicted molar refractivity (Wildman–Crippen MR) is 179 cm³/mol. The molecule has 13 heteroatoms. The standard InChI is InChI=1S/C34H38FN5O6S/c1-5-20-16-26(30(35)28(17-20)45-3)31(38-22-9-11-24-21(18-22)13-14-37-32(24)36)33(41)40-15-7-8-27(40)25-19-23(39-34(42)46-4)10-12-29(25)47(43,44)6-2/h9-14,16-19,27,31,38H,5-8,15H2,1-4H3,(H2,36,37)(H,39,42)/t27-,31+/m1/s1. The van der Waals surface area contributed by atoms with Crippen LogP contribution in [0.2, 0.25) is 0 Å². The number of aryl methyl sites for hydroxylation is 1. The fraction of sp³-hybridized carbons (Fsp3) is 0.324. The number of carbonyl (C=O) groups is 2. The number of nitrogen functional groups attached to an aromatic ring is 1. The van der Waals surface area contributed by atoms with Crippen LogP contribution in [0, 0.1) is 5.82 Å². The highest BCUT2D eigenvalue weighted by Gasteiger charge is 2.38. The van der Waals surface area contributed by atoms with E-state index in [1.165, 1.54) is 26.4 Å². The molecule has 1 aliphatic heterocycles. The molecule has 0 unspecified atom stereocenters. The Labute approximate surface area is 273 Å². The molecular weight excluding hydrogens is 625 g/mol. The van der Waals surface area contributed by atoms with E-state index in [0.29, 0.717) is 48.6 Å².